The highest BCUT2D eigenvalue weighted by Crippen LogP contribution is 2.41. The summed E-state index contributed by atoms with van der Waals surface area (Å²) in [5.41, 5.74) is 2.15. The third kappa shape index (κ3) is 6.05. The van der Waals surface area contributed by atoms with Crippen LogP contribution in [0.4, 0.5) is 0 Å². The minimum atomic E-state index is 1.06. The molecule has 0 unspecified atom stereocenters. The lowest BCUT2D eigenvalue weighted by atomic mass is 10.0. The van der Waals surface area contributed by atoms with Crippen molar-refractivity contribution in [1.29, 1.82) is 0 Å². The Hall–Kier alpha value is 0.430. The highest BCUT2D eigenvalue weighted by molar-refractivity contribution is 7.39. The molecule has 0 atom stereocenters. The van der Waals surface area contributed by atoms with E-state index in [1.165, 1.54) is 96.3 Å². The molecule has 0 aromatic carbocycles. The normalized spacial score (nSPS) is 27.3. The van der Waals surface area contributed by atoms with Crippen LogP contribution in [0.5, 0.6) is 0 Å². The van der Waals surface area contributed by atoms with Gasteiger partial charge in [0.05, 0.1) is 0 Å². The van der Waals surface area contributed by atoms with Crippen LogP contribution in [0, 0.1) is 0 Å². The molecule has 18 heavy (non-hydrogen) atoms. The molecule has 0 nitrogen and oxygen atoms in total. The number of hydrogen-bond acceptors (Lipinski definition) is 0. The molecular weight excluding hydrogens is 235 g/mol. The molecule has 0 saturated heterocycles. The average molecular weight is 267 g/mol. The summed E-state index contributed by atoms with van der Waals surface area (Å²) < 4.78 is 0. The van der Waals surface area contributed by atoms with Gasteiger partial charge in [-0.25, -0.2) is 0 Å². The fourth-order valence-corrected chi connectivity index (χ4v) is 5.57. The van der Waals surface area contributed by atoms with Crippen molar-refractivity contribution in [2.45, 2.75) is 108 Å². The van der Waals surface area contributed by atoms with Crippen molar-refractivity contribution < 1.29 is 0 Å². The standard InChI is InChI=1S/C17H32P/c1-2-4-6-8-12-16(13-9-7-5-3-1)18-17-14-10-11-15-17/h16-17H,1-15H2. The number of rotatable bonds is 2. The predicted octanol–water partition coefficient (Wildman–Crippen LogP) is 6.55. The molecular formula is C17H32P. The summed E-state index contributed by atoms with van der Waals surface area (Å²) in [6.45, 7) is 0. The lowest BCUT2D eigenvalue weighted by Gasteiger charge is -2.20. The zero-order valence-electron chi connectivity index (χ0n) is 12.2. The molecule has 2 saturated carbocycles. The maximum Gasteiger partial charge on any atom is -0.0168 e. The summed E-state index contributed by atoms with van der Waals surface area (Å²) in [4.78, 5) is 0. The molecule has 1 radical (unpaired) electrons. The lowest BCUT2D eigenvalue weighted by molar-refractivity contribution is 0.508. The van der Waals surface area contributed by atoms with Crippen LogP contribution in [0.3, 0.4) is 0 Å². The first-order valence-corrected chi connectivity index (χ1v) is 9.68. The Morgan fingerprint density at radius 3 is 1.06 bits per heavy atom. The second kappa shape index (κ2) is 9.35. The van der Waals surface area contributed by atoms with Crippen LogP contribution in [0.15, 0.2) is 0 Å². The van der Waals surface area contributed by atoms with Crippen LogP contribution in [0.1, 0.15) is 96.3 Å². The van der Waals surface area contributed by atoms with Crippen molar-refractivity contribution in [3.8, 4) is 0 Å². The van der Waals surface area contributed by atoms with E-state index >= 15 is 0 Å². The van der Waals surface area contributed by atoms with Gasteiger partial charge in [-0.05, 0) is 37.0 Å². The SMILES string of the molecule is C1CCCCCC([P]C2CCCC2)CCCCC1. The topological polar surface area (TPSA) is 0 Å². The first kappa shape index (κ1) is 14.8. The van der Waals surface area contributed by atoms with E-state index < -0.39 is 0 Å². The molecule has 0 spiro atoms. The van der Waals surface area contributed by atoms with Crippen molar-refractivity contribution in [3.63, 3.8) is 0 Å². The molecule has 0 aliphatic heterocycles. The van der Waals surface area contributed by atoms with Gasteiger partial charge in [0.25, 0.3) is 0 Å². The Balaban J connectivity index is 1.70. The maximum atomic E-state index is 1.85. The Kier molecular flexibility index (Phi) is 7.71. The molecule has 105 valence electrons. The summed E-state index contributed by atoms with van der Waals surface area (Å²) >= 11 is 0. The molecule has 1 heteroatoms. The quantitative estimate of drug-likeness (QED) is 0.498. The molecule has 0 amide bonds. The Morgan fingerprint density at radius 2 is 0.667 bits per heavy atom. The molecule has 0 bridgehead atoms. The van der Waals surface area contributed by atoms with Crippen LogP contribution in [-0.2, 0) is 0 Å². The first-order valence-electron chi connectivity index (χ1n) is 8.65. The average Bonchev–Trinajstić information content (AvgIpc) is 2.85. The van der Waals surface area contributed by atoms with Gasteiger partial charge in [-0.1, -0.05) is 79.2 Å². The first-order chi connectivity index (χ1) is 8.95. The summed E-state index contributed by atoms with van der Waals surface area (Å²) in [6.07, 6.45) is 22.8. The van der Waals surface area contributed by atoms with Gasteiger partial charge in [0, 0.05) is 0 Å². The summed E-state index contributed by atoms with van der Waals surface area (Å²) in [5, 5.41) is 0. The van der Waals surface area contributed by atoms with Crippen molar-refractivity contribution in [3.05, 3.63) is 0 Å². The van der Waals surface area contributed by atoms with Crippen molar-refractivity contribution in [1.82, 2.24) is 0 Å². The molecule has 0 N–H and O–H groups in total. The van der Waals surface area contributed by atoms with Gasteiger partial charge < -0.3 is 0 Å². The maximum absolute atomic E-state index is 1.85. The minimum Gasteiger partial charge on any atom is -0.0741 e. The predicted molar refractivity (Wildman–Crippen MR) is 83.8 cm³/mol. The molecule has 2 fully saturated rings. The van der Waals surface area contributed by atoms with Crippen LogP contribution < -0.4 is 0 Å². The van der Waals surface area contributed by atoms with Gasteiger partial charge in [-0.3, -0.25) is 0 Å². The molecule has 2 aliphatic carbocycles. The van der Waals surface area contributed by atoms with E-state index in [4.69, 9.17) is 0 Å². The van der Waals surface area contributed by atoms with Crippen molar-refractivity contribution >= 4 is 8.58 Å². The summed E-state index contributed by atoms with van der Waals surface area (Å²) in [7, 11) is 1.85. The number of hydrogen-bond donors (Lipinski definition) is 0. The van der Waals surface area contributed by atoms with Gasteiger partial charge in [0.2, 0.25) is 0 Å². The zero-order valence-corrected chi connectivity index (χ0v) is 13.1. The Bertz CT molecular complexity index is 184. The van der Waals surface area contributed by atoms with Crippen LogP contribution in [0.25, 0.3) is 0 Å². The second-order valence-electron chi connectivity index (χ2n) is 6.50. The Labute approximate surface area is 116 Å². The van der Waals surface area contributed by atoms with Gasteiger partial charge in [0.1, 0.15) is 0 Å². The Morgan fingerprint density at radius 1 is 0.389 bits per heavy atom. The minimum absolute atomic E-state index is 1.06. The van der Waals surface area contributed by atoms with E-state index in [9.17, 15) is 0 Å². The largest absolute Gasteiger partial charge is 0.0741 e. The highest BCUT2D eigenvalue weighted by atomic mass is 31.1. The van der Waals surface area contributed by atoms with Gasteiger partial charge >= 0.3 is 0 Å². The smallest absolute Gasteiger partial charge is 0.0168 e. The fourth-order valence-electron chi connectivity index (χ4n) is 3.64. The van der Waals surface area contributed by atoms with E-state index in [1.54, 1.807) is 0 Å². The van der Waals surface area contributed by atoms with Crippen molar-refractivity contribution in [2.75, 3.05) is 0 Å². The third-order valence-electron chi connectivity index (χ3n) is 4.82. The second-order valence-corrected chi connectivity index (χ2v) is 8.26. The molecule has 0 heterocycles. The lowest BCUT2D eigenvalue weighted by Crippen LogP contribution is -2.07. The van der Waals surface area contributed by atoms with Crippen LogP contribution in [0.2, 0.25) is 0 Å². The van der Waals surface area contributed by atoms with Crippen LogP contribution >= 0.6 is 8.58 Å². The molecule has 2 rings (SSSR count). The monoisotopic (exact) mass is 267 g/mol. The zero-order chi connectivity index (χ0) is 12.5. The van der Waals surface area contributed by atoms with Crippen LogP contribution in [-0.4, -0.2) is 11.3 Å². The van der Waals surface area contributed by atoms with Crippen molar-refractivity contribution in [2.24, 2.45) is 0 Å². The van der Waals surface area contributed by atoms with Gasteiger partial charge in [-0.15, -0.1) is 0 Å². The summed E-state index contributed by atoms with van der Waals surface area (Å²) in [5.74, 6) is 0. The van der Waals surface area contributed by atoms with E-state index in [0.29, 0.717) is 0 Å². The fraction of sp³-hybridized carbons (Fsp3) is 1.00. The van der Waals surface area contributed by atoms with Gasteiger partial charge in [0.15, 0.2) is 0 Å². The summed E-state index contributed by atoms with van der Waals surface area (Å²) in [6, 6.07) is 0. The molecule has 0 aromatic rings. The van der Waals surface area contributed by atoms with Gasteiger partial charge in [-0.2, -0.15) is 0 Å². The molecule has 0 aromatic heterocycles. The third-order valence-corrected chi connectivity index (χ3v) is 6.70. The highest BCUT2D eigenvalue weighted by Gasteiger charge is 2.20. The van der Waals surface area contributed by atoms with E-state index in [0.717, 1.165) is 11.3 Å². The van der Waals surface area contributed by atoms with E-state index in [1.807, 2.05) is 8.58 Å². The van der Waals surface area contributed by atoms with E-state index in [-0.39, 0.29) is 0 Å². The molecule has 2 aliphatic rings. The van der Waals surface area contributed by atoms with E-state index in [2.05, 4.69) is 0 Å².